The van der Waals surface area contributed by atoms with Gasteiger partial charge in [0.05, 0.1) is 12.3 Å². The highest BCUT2D eigenvalue weighted by Gasteiger charge is 2.28. The van der Waals surface area contributed by atoms with Crippen molar-refractivity contribution < 1.29 is 22.6 Å². The molecule has 4 nitrogen and oxygen atoms in total. The largest absolute Gasteiger partial charge is 0.522 e. The minimum absolute atomic E-state index is 0.180. The van der Waals surface area contributed by atoms with Crippen LogP contribution in [-0.2, 0) is 11.3 Å². The summed E-state index contributed by atoms with van der Waals surface area (Å²) in [6, 6.07) is 3.42. The molecule has 0 radical (unpaired) electrons. The first-order chi connectivity index (χ1) is 8.42. The molecule has 0 aliphatic carbocycles. The lowest BCUT2D eigenvalue weighted by Crippen LogP contribution is -2.19. The number of nitrogens with one attached hydrogen (secondary N) is 1. The molecule has 0 unspecified atom stereocenters. The smallest absolute Gasteiger partial charge is 0.489 e. The lowest BCUT2D eigenvalue weighted by molar-refractivity contribution is -0.325. The van der Waals surface area contributed by atoms with Crippen LogP contribution in [0.4, 0.5) is 13.2 Å². The number of hydrogen-bond acceptors (Lipinski definition) is 4. The van der Waals surface area contributed by atoms with Gasteiger partial charge in [-0.15, -0.1) is 13.2 Å². The number of halogens is 3. The molecular weight excluding hydrogens is 249 g/mol. The van der Waals surface area contributed by atoms with Crippen LogP contribution < -0.4 is 10.1 Å². The second-order valence-corrected chi connectivity index (χ2v) is 3.57. The Bertz CT molecular complexity index is 383. The fourth-order valence-corrected chi connectivity index (χ4v) is 1.33. The zero-order chi connectivity index (χ0) is 13.6. The molecule has 0 atom stereocenters. The molecule has 0 aliphatic heterocycles. The topological polar surface area (TPSA) is 43.4 Å². The van der Waals surface area contributed by atoms with Gasteiger partial charge in [0.2, 0.25) is 0 Å². The first-order valence-corrected chi connectivity index (χ1v) is 5.37. The molecule has 0 fully saturated rings. The van der Waals surface area contributed by atoms with E-state index >= 15 is 0 Å². The molecule has 1 heterocycles. The van der Waals surface area contributed by atoms with Gasteiger partial charge in [-0.05, 0) is 26.1 Å². The highest BCUT2D eigenvalue weighted by atomic mass is 19.4. The maximum atomic E-state index is 11.7. The fraction of sp³-hybridized carbons (Fsp3) is 0.545. The van der Waals surface area contributed by atoms with Crippen LogP contribution in [0.5, 0.6) is 5.75 Å². The van der Waals surface area contributed by atoms with Crippen molar-refractivity contribution in [2.24, 2.45) is 0 Å². The van der Waals surface area contributed by atoms with Crippen LogP contribution >= 0.6 is 0 Å². The normalized spacial score (nSPS) is 11.6. The predicted molar refractivity (Wildman–Crippen MR) is 59.2 cm³/mol. The molecule has 0 aliphatic rings. The van der Waals surface area contributed by atoms with Crippen LogP contribution in [0.2, 0.25) is 0 Å². The number of pyridine rings is 1. The molecular formula is C11H15F3N2O2. The standard InChI is InChI=1S/C11H15F3N2O2/c1-8-3-4-10(9(16-8)7-15-2)17-5-6-18-11(12,13)14/h3-4,15H,5-7H2,1-2H3. The van der Waals surface area contributed by atoms with Crippen molar-refractivity contribution in [3.63, 3.8) is 0 Å². The maximum absolute atomic E-state index is 11.7. The molecule has 0 saturated heterocycles. The van der Waals surface area contributed by atoms with Crippen LogP contribution in [0.1, 0.15) is 11.4 Å². The quantitative estimate of drug-likeness (QED) is 0.798. The number of aromatic nitrogens is 1. The summed E-state index contributed by atoms with van der Waals surface area (Å²) in [4.78, 5) is 4.24. The van der Waals surface area contributed by atoms with Gasteiger partial charge in [0.25, 0.3) is 0 Å². The summed E-state index contributed by atoms with van der Waals surface area (Å²) in [6.45, 7) is 1.59. The number of alkyl halides is 3. The zero-order valence-corrected chi connectivity index (χ0v) is 10.2. The van der Waals surface area contributed by atoms with Gasteiger partial charge in [-0.25, -0.2) is 0 Å². The molecule has 0 amide bonds. The average Bonchev–Trinajstić information content (AvgIpc) is 2.26. The van der Waals surface area contributed by atoms with Gasteiger partial charge in [-0.3, -0.25) is 9.72 Å². The van der Waals surface area contributed by atoms with Crippen LogP contribution in [0, 0.1) is 6.92 Å². The molecule has 1 rings (SSSR count). The van der Waals surface area contributed by atoms with Crippen LogP contribution in [-0.4, -0.2) is 31.6 Å². The Morgan fingerprint density at radius 3 is 2.61 bits per heavy atom. The predicted octanol–water partition coefficient (Wildman–Crippen LogP) is 2.02. The first kappa shape index (κ1) is 14.7. The van der Waals surface area contributed by atoms with E-state index in [9.17, 15) is 13.2 Å². The summed E-state index contributed by atoms with van der Waals surface area (Å²) in [6.07, 6.45) is -4.62. The van der Waals surface area contributed by atoms with Gasteiger partial charge in [0, 0.05) is 12.2 Å². The molecule has 1 aromatic heterocycles. The fourth-order valence-electron chi connectivity index (χ4n) is 1.33. The molecule has 102 valence electrons. The molecule has 0 aromatic carbocycles. The second-order valence-electron chi connectivity index (χ2n) is 3.57. The van der Waals surface area contributed by atoms with E-state index in [-0.39, 0.29) is 6.61 Å². The van der Waals surface area contributed by atoms with E-state index in [1.165, 1.54) is 0 Å². The maximum Gasteiger partial charge on any atom is 0.522 e. The van der Waals surface area contributed by atoms with Crippen LogP contribution in [0.15, 0.2) is 12.1 Å². The number of ether oxygens (including phenoxy) is 2. The Hall–Kier alpha value is -1.34. The highest BCUT2D eigenvalue weighted by molar-refractivity contribution is 5.29. The van der Waals surface area contributed by atoms with Gasteiger partial charge in [-0.2, -0.15) is 0 Å². The Morgan fingerprint density at radius 2 is 2.00 bits per heavy atom. The van der Waals surface area contributed by atoms with Crippen LogP contribution in [0.3, 0.4) is 0 Å². The third kappa shape index (κ3) is 5.33. The Kier molecular flexibility index (Phi) is 5.36. The van der Waals surface area contributed by atoms with Crippen LogP contribution in [0.25, 0.3) is 0 Å². The van der Waals surface area contributed by atoms with Crippen molar-refractivity contribution in [1.82, 2.24) is 10.3 Å². The Labute approximate surface area is 103 Å². The third-order valence-corrected chi connectivity index (χ3v) is 2.02. The van der Waals surface area contributed by atoms with E-state index in [4.69, 9.17) is 4.74 Å². The second kappa shape index (κ2) is 6.55. The Balaban J connectivity index is 2.51. The van der Waals surface area contributed by atoms with E-state index in [1.54, 1.807) is 19.2 Å². The van der Waals surface area contributed by atoms with Gasteiger partial charge >= 0.3 is 6.36 Å². The minimum atomic E-state index is -4.62. The van der Waals surface area contributed by atoms with Gasteiger partial charge in [-0.1, -0.05) is 0 Å². The molecule has 1 aromatic rings. The van der Waals surface area contributed by atoms with Gasteiger partial charge in [0.1, 0.15) is 12.4 Å². The third-order valence-electron chi connectivity index (χ3n) is 2.02. The van der Waals surface area contributed by atoms with Crippen molar-refractivity contribution >= 4 is 0 Å². The summed E-state index contributed by atoms with van der Waals surface area (Å²) in [5.41, 5.74) is 1.48. The summed E-state index contributed by atoms with van der Waals surface area (Å²) in [5, 5.41) is 2.91. The molecule has 7 heteroatoms. The van der Waals surface area contributed by atoms with E-state index in [0.717, 1.165) is 5.69 Å². The SMILES string of the molecule is CNCc1nc(C)ccc1OCCOC(F)(F)F. The average molecular weight is 264 g/mol. The molecule has 1 N–H and O–H groups in total. The van der Waals surface area contributed by atoms with E-state index < -0.39 is 13.0 Å². The molecule has 0 saturated carbocycles. The van der Waals surface area contributed by atoms with E-state index in [1.807, 2.05) is 6.92 Å². The lowest BCUT2D eigenvalue weighted by atomic mass is 10.3. The van der Waals surface area contributed by atoms with E-state index in [0.29, 0.717) is 18.0 Å². The molecule has 0 spiro atoms. The van der Waals surface area contributed by atoms with Crippen molar-refractivity contribution in [2.45, 2.75) is 19.8 Å². The first-order valence-electron chi connectivity index (χ1n) is 5.37. The lowest BCUT2D eigenvalue weighted by Gasteiger charge is -2.12. The molecule has 18 heavy (non-hydrogen) atoms. The Morgan fingerprint density at radius 1 is 1.28 bits per heavy atom. The van der Waals surface area contributed by atoms with Crippen molar-refractivity contribution in [2.75, 3.05) is 20.3 Å². The van der Waals surface area contributed by atoms with Crippen molar-refractivity contribution in [1.29, 1.82) is 0 Å². The number of nitrogens with zero attached hydrogens (tertiary/aromatic N) is 1. The summed E-state index contributed by atoms with van der Waals surface area (Å²) in [5.74, 6) is 0.459. The zero-order valence-electron chi connectivity index (χ0n) is 10.2. The minimum Gasteiger partial charge on any atom is -0.489 e. The van der Waals surface area contributed by atoms with E-state index in [2.05, 4.69) is 15.0 Å². The number of hydrogen-bond donors (Lipinski definition) is 1. The van der Waals surface area contributed by atoms with Crippen molar-refractivity contribution in [3.8, 4) is 5.75 Å². The van der Waals surface area contributed by atoms with Gasteiger partial charge in [0.15, 0.2) is 0 Å². The van der Waals surface area contributed by atoms with Gasteiger partial charge < -0.3 is 10.1 Å². The summed E-state index contributed by atoms with van der Waals surface area (Å²) < 4.78 is 44.0. The molecule has 0 bridgehead atoms. The summed E-state index contributed by atoms with van der Waals surface area (Å²) >= 11 is 0. The summed E-state index contributed by atoms with van der Waals surface area (Å²) in [7, 11) is 1.75. The monoisotopic (exact) mass is 264 g/mol. The number of aryl methyl sites for hydroxylation is 1. The van der Waals surface area contributed by atoms with Crippen molar-refractivity contribution in [3.05, 3.63) is 23.5 Å². The highest BCUT2D eigenvalue weighted by Crippen LogP contribution is 2.18. The number of rotatable bonds is 6.